The summed E-state index contributed by atoms with van der Waals surface area (Å²) in [6.45, 7) is 4.62. The highest BCUT2D eigenvalue weighted by molar-refractivity contribution is 5.25. The fourth-order valence-electron chi connectivity index (χ4n) is 2.50. The number of rotatable bonds is 3. The molecule has 0 aliphatic carbocycles. The number of ether oxygens (including phenoxy) is 1. The third-order valence-corrected chi connectivity index (χ3v) is 3.52. The van der Waals surface area contributed by atoms with Gasteiger partial charge >= 0.3 is 0 Å². The van der Waals surface area contributed by atoms with Gasteiger partial charge in [0.1, 0.15) is 0 Å². The third-order valence-electron chi connectivity index (χ3n) is 3.52. The van der Waals surface area contributed by atoms with Gasteiger partial charge in [0, 0.05) is 12.5 Å². The van der Waals surface area contributed by atoms with E-state index >= 15 is 0 Å². The van der Waals surface area contributed by atoms with Crippen LogP contribution in [0.1, 0.15) is 29.9 Å². The molecule has 2 rings (SSSR count). The minimum Gasteiger partial charge on any atom is -0.381 e. The highest BCUT2D eigenvalue weighted by Gasteiger charge is 2.24. The predicted molar refractivity (Wildman–Crippen MR) is 66.5 cm³/mol. The topological polar surface area (TPSA) is 35.2 Å². The number of aryl methyl sites for hydroxylation is 1. The Labute approximate surface area is 97.8 Å². The third kappa shape index (κ3) is 2.63. The zero-order valence-electron chi connectivity index (χ0n) is 9.99. The average molecular weight is 219 g/mol. The molecule has 1 saturated heterocycles. The van der Waals surface area contributed by atoms with Crippen LogP contribution in [0, 0.1) is 12.8 Å². The molecule has 1 aliphatic rings. The van der Waals surface area contributed by atoms with E-state index in [1.165, 1.54) is 24.0 Å². The standard InChI is InChI=1S/C14H21NO/c1-11-4-6-12(7-5-11)14(9-15)13-3-2-8-16-10-13/h4-7,13-14H,2-3,8-10,15H2,1H3. The van der Waals surface area contributed by atoms with Crippen LogP contribution < -0.4 is 5.73 Å². The van der Waals surface area contributed by atoms with Gasteiger partial charge < -0.3 is 10.5 Å². The summed E-state index contributed by atoms with van der Waals surface area (Å²) in [7, 11) is 0. The Bertz CT molecular complexity index is 314. The van der Waals surface area contributed by atoms with Crippen molar-refractivity contribution in [3.63, 3.8) is 0 Å². The Balaban J connectivity index is 2.11. The van der Waals surface area contributed by atoms with E-state index in [-0.39, 0.29) is 0 Å². The normalized spacial score (nSPS) is 23.0. The summed E-state index contributed by atoms with van der Waals surface area (Å²) < 4.78 is 5.55. The largest absolute Gasteiger partial charge is 0.381 e. The molecule has 2 N–H and O–H groups in total. The monoisotopic (exact) mass is 219 g/mol. The summed E-state index contributed by atoms with van der Waals surface area (Å²) in [5.41, 5.74) is 8.59. The molecule has 2 nitrogen and oxygen atoms in total. The van der Waals surface area contributed by atoms with Crippen LogP contribution in [0.5, 0.6) is 0 Å². The van der Waals surface area contributed by atoms with Crippen molar-refractivity contribution in [1.82, 2.24) is 0 Å². The second-order valence-corrected chi connectivity index (χ2v) is 4.73. The van der Waals surface area contributed by atoms with Gasteiger partial charge in [-0.25, -0.2) is 0 Å². The minimum absolute atomic E-state index is 0.459. The SMILES string of the molecule is Cc1ccc(C(CN)C2CCCOC2)cc1. The Morgan fingerprint density at radius 1 is 1.38 bits per heavy atom. The van der Waals surface area contributed by atoms with Crippen molar-refractivity contribution in [1.29, 1.82) is 0 Å². The first-order chi connectivity index (χ1) is 7.81. The van der Waals surface area contributed by atoms with E-state index in [1.54, 1.807) is 0 Å². The summed E-state index contributed by atoms with van der Waals surface area (Å²) in [4.78, 5) is 0. The van der Waals surface area contributed by atoms with Crippen LogP contribution in [-0.2, 0) is 4.74 Å². The van der Waals surface area contributed by atoms with Crippen LogP contribution >= 0.6 is 0 Å². The van der Waals surface area contributed by atoms with Crippen LogP contribution in [0.4, 0.5) is 0 Å². The van der Waals surface area contributed by atoms with E-state index in [9.17, 15) is 0 Å². The molecule has 0 aromatic heterocycles. The Hall–Kier alpha value is -0.860. The lowest BCUT2D eigenvalue weighted by atomic mass is 9.82. The molecule has 0 spiro atoms. The molecule has 0 saturated carbocycles. The Kier molecular flexibility index (Phi) is 3.97. The average Bonchev–Trinajstić information content (AvgIpc) is 2.34. The lowest BCUT2D eigenvalue weighted by Crippen LogP contribution is -2.28. The van der Waals surface area contributed by atoms with Crippen LogP contribution in [0.3, 0.4) is 0 Å². The second-order valence-electron chi connectivity index (χ2n) is 4.73. The molecule has 2 unspecified atom stereocenters. The molecule has 1 aromatic rings. The van der Waals surface area contributed by atoms with Crippen LogP contribution in [0.15, 0.2) is 24.3 Å². The smallest absolute Gasteiger partial charge is 0.0500 e. The first-order valence-electron chi connectivity index (χ1n) is 6.15. The Morgan fingerprint density at radius 3 is 2.69 bits per heavy atom. The lowest BCUT2D eigenvalue weighted by Gasteiger charge is -2.29. The van der Waals surface area contributed by atoms with Crippen molar-refractivity contribution in [3.8, 4) is 0 Å². The second kappa shape index (κ2) is 5.46. The van der Waals surface area contributed by atoms with Gasteiger partial charge in [-0.2, -0.15) is 0 Å². The van der Waals surface area contributed by atoms with Crippen molar-refractivity contribution in [2.75, 3.05) is 19.8 Å². The van der Waals surface area contributed by atoms with E-state index in [4.69, 9.17) is 10.5 Å². The summed E-state index contributed by atoms with van der Waals surface area (Å²) in [5, 5.41) is 0. The van der Waals surface area contributed by atoms with Gasteiger partial charge in [0.25, 0.3) is 0 Å². The number of hydrogen-bond acceptors (Lipinski definition) is 2. The molecule has 0 radical (unpaired) electrons. The summed E-state index contributed by atoms with van der Waals surface area (Å²) in [6.07, 6.45) is 2.42. The number of hydrogen-bond donors (Lipinski definition) is 1. The maximum absolute atomic E-state index is 5.92. The van der Waals surface area contributed by atoms with Gasteiger partial charge in [0.05, 0.1) is 6.61 Å². The summed E-state index contributed by atoms with van der Waals surface area (Å²) in [6, 6.07) is 8.76. The molecular formula is C14H21NO. The van der Waals surface area contributed by atoms with Gasteiger partial charge in [-0.3, -0.25) is 0 Å². The number of nitrogens with two attached hydrogens (primary N) is 1. The van der Waals surface area contributed by atoms with Gasteiger partial charge in [-0.05, 0) is 37.8 Å². The molecule has 1 aromatic carbocycles. The van der Waals surface area contributed by atoms with Gasteiger partial charge in [0.15, 0.2) is 0 Å². The van der Waals surface area contributed by atoms with Crippen molar-refractivity contribution in [3.05, 3.63) is 35.4 Å². The van der Waals surface area contributed by atoms with Gasteiger partial charge in [0.2, 0.25) is 0 Å². The van der Waals surface area contributed by atoms with E-state index < -0.39 is 0 Å². The molecule has 1 fully saturated rings. The molecule has 0 bridgehead atoms. The molecule has 2 heteroatoms. The fraction of sp³-hybridized carbons (Fsp3) is 0.571. The molecule has 88 valence electrons. The van der Waals surface area contributed by atoms with Crippen LogP contribution in [0.2, 0.25) is 0 Å². The molecule has 16 heavy (non-hydrogen) atoms. The van der Waals surface area contributed by atoms with Crippen molar-refractivity contribution < 1.29 is 4.74 Å². The molecule has 0 amide bonds. The fourth-order valence-corrected chi connectivity index (χ4v) is 2.50. The maximum atomic E-state index is 5.92. The first kappa shape index (κ1) is 11.6. The van der Waals surface area contributed by atoms with Crippen LogP contribution in [-0.4, -0.2) is 19.8 Å². The van der Waals surface area contributed by atoms with Gasteiger partial charge in [-0.15, -0.1) is 0 Å². The predicted octanol–water partition coefficient (Wildman–Crippen LogP) is 2.46. The Morgan fingerprint density at radius 2 is 2.12 bits per heavy atom. The zero-order chi connectivity index (χ0) is 11.4. The van der Waals surface area contributed by atoms with E-state index in [1.807, 2.05) is 0 Å². The molecular weight excluding hydrogens is 198 g/mol. The first-order valence-corrected chi connectivity index (χ1v) is 6.15. The molecule has 1 heterocycles. The maximum Gasteiger partial charge on any atom is 0.0500 e. The van der Waals surface area contributed by atoms with E-state index in [0.29, 0.717) is 11.8 Å². The quantitative estimate of drug-likeness (QED) is 0.847. The zero-order valence-corrected chi connectivity index (χ0v) is 9.99. The van der Waals surface area contributed by atoms with Crippen LogP contribution in [0.25, 0.3) is 0 Å². The van der Waals surface area contributed by atoms with Crippen molar-refractivity contribution in [2.45, 2.75) is 25.7 Å². The lowest BCUT2D eigenvalue weighted by molar-refractivity contribution is 0.0450. The molecule has 1 aliphatic heterocycles. The molecule has 2 atom stereocenters. The highest BCUT2D eigenvalue weighted by atomic mass is 16.5. The van der Waals surface area contributed by atoms with Crippen molar-refractivity contribution in [2.24, 2.45) is 11.7 Å². The summed E-state index contributed by atoms with van der Waals surface area (Å²) in [5.74, 6) is 1.06. The van der Waals surface area contributed by atoms with E-state index in [2.05, 4.69) is 31.2 Å². The van der Waals surface area contributed by atoms with E-state index in [0.717, 1.165) is 19.8 Å². The minimum atomic E-state index is 0.459. The highest BCUT2D eigenvalue weighted by Crippen LogP contribution is 2.30. The summed E-state index contributed by atoms with van der Waals surface area (Å²) >= 11 is 0. The van der Waals surface area contributed by atoms with Crippen molar-refractivity contribution >= 4 is 0 Å². The van der Waals surface area contributed by atoms with Gasteiger partial charge in [-0.1, -0.05) is 29.8 Å². The number of benzene rings is 1.